The van der Waals surface area contributed by atoms with Crippen LogP contribution in [-0.4, -0.2) is 28.0 Å². The van der Waals surface area contributed by atoms with Gasteiger partial charge in [0.1, 0.15) is 5.70 Å². The normalized spacial score (nSPS) is 11.8. The van der Waals surface area contributed by atoms with Gasteiger partial charge in [-0.25, -0.2) is 4.98 Å². The fraction of sp³-hybridized carbons (Fsp3) is 0.0588. The molecule has 1 aromatic heterocycles. The molecule has 0 bridgehead atoms. The van der Waals surface area contributed by atoms with E-state index in [9.17, 15) is 14.4 Å². The largest absolute Gasteiger partial charge is 0.321 e. The Morgan fingerprint density at radius 1 is 0.911 bits per heavy atom. The molecule has 3 N–H and O–H groups in total. The smallest absolute Gasteiger partial charge is 0.272 e. The van der Waals surface area contributed by atoms with Gasteiger partial charge in [-0.1, -0.05) is 76.1 Å². The van der Waals surface area contributed by atoms with Crippen LogP contribution in [0.15, 0.2) is 124 Å². The second kappa shape index (κ2) is 15.2. The number of carbonyl (C=O) groups excluding carboxylic acids is 3. The van der Waals surface area contributed by atoms with E-state index in [2.05, 4.69) is 36.9 Å². The first-order valence-electron chi connectivity index (χ1n) is 13.7. The Morgan fingerprint density at radius 3 is 2.38 bits per heavy atom. The summed E-state index contributed by atoms with van der Waals surface area (Å²) in [6.07, 6.45) is 1.58. The second-order valence-corrected chi connectivity index (χ2v) is 13.3. The van der Waals surface area contributed by atoms with Crippen molar-refractivity contribution in [3.05, 3.63) is 135 Å². The molecule has 4 aromatic carbocycles. The van der Waals surface area contributed by atoms with E-state index in [0.29, 0.717) is 27.0 Å². The number of aromatic nitrogens is 1. The molecule has 0 saturated heterocycles. The highest BCUT2D eigenvalue weighted by Crippen LogP contribution is 2.29. The molecule has 0 fully saturated rings. The standard InChI is InChI=1S/C34H26BrClN4O3S2/c1-21(31(41)40-34-39-30(20-44-34)23-12-14-25(35)15-13-23)45-28-9-5-8-27(19-28)37-33(43)29(18-22-10-16-26(36)17-11-22)38-32(42)24-6-3-2-4-7-24/h2-21H,1H3,(H,37,43)(H,38,42)(H,39,40,41)/b29-18-. The number of halogens is 2. The number of nitrogens with zero attached hydrogens (tertiary/aromatic N) is 1. The molecular formula is C34H26BrClN4O3S2. The van der Waals surface area contributed by atoms with Crippen LogP contribution in [0, 0.1) is 0 Å². The Morgan fingerprint density at radius 2 is 1.64 bits per heavy atom. The number of rotatable bonds is 10. The number of thioether (sulfide) groups is 1. The Balaban J connectivity index is 1.25. The van der Waals surface area contributed by atoms with Crippen LogP contribution in [0.5, 0.6) is 0 Å². The van der Waals surface area contributed by atoms with Crippen LogP contribution in [-0.2, 0) is 9.59 Å². The molecule has 1 heterocycles. The van der Waals surface area contributed by atoms with Gasteiger partial charge in [0.15, 0.2) is 5.13 Å². The minimum atomic E-state index is -0.507. The average molecular weight is 718 g/mol. The van der Waals surface area contributed by atoms with Crippen molar-refractivity contribution in [2.75, 3.05) is 10.6 Å². The average Bonchev–Trinajstić information content (AvgIpc) is 3.51. The van der Waals surface area contributed by atoms with Crippen LogP contribution in [0.4, 0.5) is 10.8 Å². The highest BCUT2D eigenvalue weighted by Gasteiger charge is 2.18. The lowest BCUT2D eigenvalue weighted by molar-refractivity contribution is -0.115. The van der Waals surface area contributed by atoms with Gasteiger partial charge in [0.05, 0.1) is 10.9 Å². The highest BCUT2D eigenvalue weighted by molar-refractivity contribution is 9.10. The van der Waals surface area contributed by atoms with Gasteiger partial charge in [0.2, 0.25) is 5.91 Å². The summed E-state index contributed by atoms with van der Waals surface area (Å²) in [5, 5.41) is 11.0. The fourth-order valence-electron chi connectivity index (χ4n) is 4.06. The number of carbonyl (C=O) groups is 3. The molecule has 0 aliphatic carbocycles. The third-order valence-corrected chi connectivity index (χ3v) is 8.99. The minimum absolute atomic E-state index is 0.0583. The highest BCUT2D eigenvalue weighted by atomic mass is 79.9. The quantitative estimate of drug-likeness (QED) is 0.0991. The first kappa shape index (κ1) is 32.2. The SMILES string of the molecule is CC(Sc1cccc(NC(=O)/C(=C/c2ccc(Cl)cc2)NC(=O)c2ccccc2)c1)C(=O)Nc1nc(-c2ccc(Br)cc2)cs1. The molecule has 11 heteroatoms. The van der Waals surface area contributed by atoms with Crippen LogP contribution < -0.4 is 16.0 Å². The number of hydrogen-bond acceptors (Lipinski definition) is 6. The number of benzene rings is 4. The lowest BCUT2D eigenvalue weighted by atomic mass is 10.1. The summed E-state index contributed by atoms with van der Waals surface area (Å²) in [5.74, 6) is -1.12. The van der Waals surface area contributed by atoms with E-state index in [1.54, 1.807) is 79.7 Å². The molecule has 226 valence electrons. The van der Waals surface area contributed by atoms with Crippen LogP contribution in [0.1, 0.15) is 22.8 Å². The van der Waals surface area contributed by atoms with E-state index in [0.717, 1.165) is 20.6 Å². The lowest BCUT2D eigenvalue weighted by Gasteiger charge is -2.13. The topological polar surface area (TPSA) is 100 Å². The van der Waals surface area contributed by atoms with Gasteiger partial charge in [-0.05, 0) is 73.2 Å². The van der Waals surface area contributed by atoms with Crippen molar-refractivity contribution in [3.63, 3.8) is 0 Å². The third kappa shape index (κ3) is 9.15. The summed E-state index contributed by atoms with van der Waals surface area (Å²) < 4.78 is 0.981. The van der Waals surface area contributed by atoms with Crippen molar-refractivity contribution in [2.24, 2.45) is 0 Å². The summed E-state index contributed by atoms with van der Waals surface area (Å²) >= 11 is 12.2. The molecule has 0 radical (unpaired) electrons. The predicted molar refractivity (Wildman–Crippen MR) is 188 cm³/mol. The first-order chi connectivity index (χ1) is 21.7. The number of nitrogens with one attached hydrogen (secondary N) is 3. The Bertz CT molecular complexity index is 1850. The first-order valence-corrected chi connectivity index (χ1v) is 16.6. The van der Waals surface area contributed by atoms with Crippen molar-refractivity contribution >= 4 is 85.2 Å². The van der Waals surface area contributed by atoms with Crippen molar-refractivity contribution in [2.45, 2.75) is 17.1 Å². The molecule has 5 rings (SSSR count). The van der Waals surface area contributed by atoms with E-state index in [-0.39, 0.29) is 11.6 Å². The number of amides is 3. The zero-order valence-electron chi connectivity index (χ0n) is 23.8. The van der Waals surface area contributed by atoms with Crippen LogP contribution in [0.25, 0.3) is 17.3 Å². The molecule has 0 aliphatic heterocycles. The molecule has 0 spiro atoms. The van der Waals surface area contributed by atoms with Crippen molar-refractivity contribution in [3.8, 4) is 11.3 Å². The number of anilines is 2. The molecule has 1 atom stereocenters. The summed E-state index contributed by atoms with van der Waals surface area (Å²) in [6.45, 7) is 1.81. The van der Waals surface area contributed by atoms with Crippen molar-refractivity contribution < 1.29 is 14.4 Å². The predicted octanol–water partition coefficient (Wildman–Crippen LogP) is 8.75. The van der Waals surface area contributed by atoms with Crippen molar-refractivity contribution in [1.29, 1.82) is 0 Å². The Kier molecular flexibility index (Phi) is 10.9. The second-order valence-electron chi connectivity index (χ2n) is 9.71. The molecule has 0 aliphatic rings. The minimum Gasteiger partial charge on any atom is -0.321 e. The molecule has 3 amide bonds. The van der Waals surface area contributed by atoms with Crippen LogP contribution >= 0.6 is 50.6 Å². The maximum Gasteiger partial charge on any atom is 0.272 e. The van der Waals surface area contributed by atoms with Gasteiger partial charge in [0.25, 0.3) is 11.8 Å². The monoisotopic (exact) mass is 716 g/mol. The molecule has 7 nitrogen and oxygen atoms in total. The number of hydrogen-bond donors (Lipinski definition) is 3. The third-order valence-electron chi connectivity index (χ3n) is 6.36. The Labute approximate surface area is 282 Å². The van der Waals surface area contributed by atoms with Gasteiger partial charge in [-0.3, -0.25) is 14.4 Å². The zero-order valence-corrected chi connectivity index (χ0v) is 27.8. The van der Waals surface area contributed by atoms with Gasteiger partial charge in [-0.15, -0.1) is 23.1 Å². The van der Waals surface area contributed by atoms with Gasteiger partial charge < -0.3 is 16.0 Å². The van der Waals surface area contributed by atoms with E-state index in [1.807, 2.05) is 41.8 Å². The van der Waals surface area contributed by atoms with E-state index < -0.39 is 17.1 Å². The molecule has 0 saturated carbocycles. The summed E-state index contributed by atoms with van der Waals surface area (Å²) in [7, 11) is 0. The van der Waals surface area contributed by atoms with Gasteiger partial charge in [-0.2, -0.15) is 0 Å². The maximum atomic E-state index is 13.4. The van der Waals surface area contributed by atoms with E-state index in [4.69, 9.17) is 11.6 Å². The van der Waals surface area contributed by atoms with E-state index >= 15 is 0 Å². The molecular weight excluding hydrogens is 692 g/mol. The summed E-state index contributed by atoms with van der Waals surface area (Å²) in [5.41, 5.74) is 3.42. The number of thiazole rings is 1. The van der Waals surface area contributed by atoms with Crippen LogP contribution in [0.2, 0.25) is 5.02 Å². The molecule has 1 unspecified atom stereocenters. The fourth-order valence-corrected chi connectivity index (χ4v) is 6.10. The summed E-state index contributed by atoms with van der Waals surface area (Å²) in [6, 6.07) is 30.5. The van der Waals surface area contributed by atoms with Crippen molar-refractivity contribution in [1.82, 2.24) is 10.3 Å². The van der Waals surface area contributed by atoms with Gasteiger partial charge >= 0.3 is 0 Å². The lowest BCUT2D eigenvalue weighted by Crippen LogP contribution is -2.30. The Hall–Kier alpha value is -4.22. The summed E-state index contributed by atoms with van der Waals surface area (Å²) in [4.78, 5) is 44.6. The molecule has 45 heavy (non-hydrogen) atoms. The van der Waals surface area contributed by atoms with Gasteiger partial charge in [0, 0.05) is 36.6 Å². The van der Waals surface area contributed by atoms with E-state index in [1.165, 1.54) is 23.1 Å². The molecule has 5 aromatic rings. The van der Waals surface area contributed by atoms with Crippen LogP contribution in [0.3, 0.4) is 0 Å². The zero-order chi connectivity index (χ0) is 31.8. The maximum absolute atomic E-state index is 13.4.